The van der Waals surface area contributed by atoms with Gasteiger partial charge in [0.2, 0.25) is 47.3 Å². The first-order chi connectivity index (χ1) is 28.6. The number of nitrogens with one attached hydrogen (secondary N) is 7. The normalized spacial score (nSPS) is 18.1. The van der Waals surface area contributed by atoms with E-state index >= 15 is 0 Å². The van der Waals surface area contributed by atoms with Crippen molar-refractivity contribution >= 4 is 53.2 Å². The molecule has 0 bridgehead atoms. The minimum atomic E-state index is -1.55. The van der Waals surface area contributed by atoms with E-state index in [2.05, 4.69) is 42.2 Å². The molecule has 20 nitrogen and oxygen atoms in total. The third-order valence-electron chi connectivity index (χ3n) is 10.9. The molecule has 0 aromatic rings. The van der Waals surface area contributed by atoms with Gasteiger partial charge in [-0.15, -0.1) is 0 Å². The summed E-state index contributed by atoms with van der Waals surface area (Å²) in [6.45, 7) is 17.6. The Bertz CT molecular complexity index is 1520. The van der Waals surface area contributed by atoms with Gasteiger partial charge in [0.1, 0.15) is 42.3 Å². The van der Waals surface area contributed by atoms with E-state index in [-0.39, 0.29) is 37.2 Å². The summed E-state index contributed by atoms with van der Waals surface area (Å²) in [4.78, 5) is 113. The zero-order chi connectivity index (χ0) is 46.6. The molecule has 12 N–H and O–H groups in total. The fourth-order valence-electron chi connectivity index (χ4n) is 6.94. The highest BCUT2D eigenvalue weighted by Gasteiger charge is 2.40. The van der Waals surface area contributed by atoms with Crippen LogP contribution in [0.5, 0.6) is 0 Å². The third-order valence-corrected chi connectivity index (χ3v) is 10.9. The van der Waals surface area contributed by atoms with Gasteiger partial charge in [-0.3, -0.25) is 43.3 Å². The number of carbonyl (C=O) groups is 8. The van der Waals surface area contributed by atoms with Crippen LogP contribution in [0.1, 0.15) is 121 Å². The highest BCUT2D eigenvalue weighted by molar-refractivity contribution is 5.98. The first-order valence-electron chi connectivity index (χ1n) is 21.8. The maximum Gasteiger partial charge on any atom is 0.245 e. The fraction of sp³-hybridized carbons (Fsp3) is 0.780. The molecule has 0 aliphatic carbocycles. The van der Waals surface area contributed by atoms with E-state index in [9.17, 15) is 43.5 Å². The molecule has 1 fully saturated rings. The van der Waals surface area contributed by atoms with E-state index < -0.39 is 102 Å². The molecule has 1 unspecified atom stereocenters. The third kappa shape index (κ3) is 17.5. The second-order valence-electron chi connectivity index (χ2n) is 16.3. The number of likely N-dealkylation sites (tertiary alicyclic amines) is 1. The Balaban J connectivity index is 3.34. The molecule has 20 heteroatoms. The molecule has 1 rings (SSSR count). The average Bonchev–Trinajstić information content (AvgIpc) is 3.70. The topological polar surface area (TPSA) is 309 Å². The summed E-state index contributed by atoms with van der Waals surface area (Å²) in [5.41, 5.74) is 11.0. The Morgan fingerprint density at radius 2 is 1.20 bits per heavy atom. The van der Waals surface area contributed by atoms with Crippen molar-refractivity contribution in [1.82, 2.24) is 42.1 Å². The highest BCUT2D eigenvalue weighted by atomic mass is 16.3. The van der Waals surface area contributed by atoms with Gasteiger partial charge in [-0.2, -0.15) is 0 Å². The standard InChI is InChI=1S/C41H75N11O9/c1-11-17-27(47-39(60)33(25(9)53)51-38(59)32(24(8)13-3)50-36(57)30(22(5)6)46-26(10)54)34(55)49-31(23(7)12-2)37(58)48-28(18-15-20-45-41(42)43)40(61)52-21-16-19-29(52)35(56)44-14-4/h22-25,27-33,53H,11-21H2,1-10H3,(H,44,56)(H,46,54)(H,47,60)(H,48,58)(H,49,55)(H,50,57)(H,51,59)(H4,42,43,45)/t23-,24?,25+,27-,28-,29-,30-,31-,32-,33-/m0/s1. The van der Waals surface area contributed by atoms with Gasteiger partial charge in [0.15, 0.2) is 5.96 Å². The SMILES string of the molecule is CCC[C@H](NC(=O)[C@@H](NC(=O)[C@@H](NC(=O)[C@@H](NC(C)=O)C(C)C)C(C)CC)[C@@H](C)O)C(=O)N[C@H](C(=O)N[C@@H](CCCN=C(N)N)C(=O)N1CCC[C@H]1C(=O)NCC)[C@@H](C)CC. The molecule has 1 aliphatic rings. The monoisotopic (exact) mass is 866 g/mol. The van der Waals surface area contributed by atoms with Crippen molar-refractivity contribution in [2.45, 2.75) is 169 Å². The summed E-state index contributed by atoms with van der Waals surface area (Å²) in [6, 6.07) is -7.75. The molecule has 0 saturated carbocycles. The second-order valence-corrected chi connectivity index (χ2v) is 16.3. The number of hydrogen-bond acceptors (Lipinski definition) is 10. The Morgan fingerprint density at radius 1 is 0.689 bits per heavy atom. The first kappa shape index (κ1) is 54.0. The predicted molar refractivity (Wildman–Crippen MR) is 231 cm³/mol. The Morgan fingerprint density at radius 3 is 1.69 bits per heavy atom. The highest BCUT2D eigenvalue weighted by Crippen LogP contribution is 2.21. The van der Waals surface area contributed by atoms with Crippen LogP contribution in [0.4, 0.5) is 0 Å². The van der Waals surface area contributed by atoms with Crippen molar-refractivity contribution in [3.63, 3.8) is 0 Å². The molecular weight excluding hydrogens is 791 g/mol. The van der Waals surface area contributed by atoms with Gasteiger partial charge < -0.3 is 58.7 Å². The largest absolute Gasteiger partial charge is 0.391 e. The second kappa shape index (κ2) is 27.0. The summed E-state index contributed by atoms with van der Waals surface area (Å²) in [5, 5.41) is 29.5. The van der Waals surface area contributed by atoms with Crippen molar-refractivity contribution in [3.8, 4) is 0 Å². The van der Waals surface area contributed by atoms with Gasteiger partial charge >= 0.3 is 0 Å². The van der Waals surface area contributed by atoms with Crippen LogP contribution in [0.2, 0.25) is 0 Å². The van der Waals surface area contributed by atoms with E-state index in [1.807, 2.05) is 13.8 Å². The molecule has 0 spiro atoms. The molecule has 1 saturated heterocycles. The lowest BCUT2D eigenvalue weighted by Crippen LogP contribution is -2.63. The number of hydrogen-bond donors (Lipinski definition) is 10. The van der Waals surface area contributed by atoms with E-state index in [1.165, 1.54) is 18.7 Å². The summed E-state index contributed by atoms with van der Waals surface area (Å²) < 4.78 is 0. The van der Waals surface area contributed by atoms with Crippen LogP contribution in [-0.4, -0.2) is 131 Å². The maximum atomic E-state index is 14.1. The van der Waals surface area contributed by atoms with E-state index in [0.717, 1.165) is 0 Å². The first-order valence-corrected chi connectivity index (χ1v) is 21.8. The van der Waals surface area contributed by atoms with Gasteiger partial charge in [0.25, 0.3) is 0 Å². The number of likely N-dealkylation sites (N-methyl/N-ethyl adjacent to an activating group) is 1. The summed E-state index contributed by atoms with van der Waals surface area (Å²) >= 11 is 0. The van der Waals surface area contributed by atoms with Crippen LogP contribution in [0.3, 0.4) is 0 Å². The zero-order valence-corrected chi connectivity index (χ0v) is 37.9. The van der Waals surface area contributed by atoms with Gasteiger partial charge in [-0.05, 0) is 63.7 Å². The Kier molecular flexibility index (Phi) is 23.9. The van der Waals surface area contributed by atoms with Crippen molar-refractivity contribution in [2.75, 3.05) is 19.6 Å². The summed E-state index contributed by atoms with van der Waals surface area (Å²) in [7, 11) is 0. The molecule has 1 aliphatic heterocycles. The number of nitrogens with zero attached hydrogens (tertiary/aromatic N) is 2. The zero-order valence-electron chi connectivity index (χ0n) is 37.9. The molecular formula is C41H75N11O9. The number of guanidine groups is 1. The van der Waals surface area contributed by atoms with Gasteiger partial charge in [-0.1, -0.05) is 67.7 Å². The lowest BCUT2D eigenvalue weighted by Gasteiger charge is -2.32. The molecule has 0 aromatic carbocycles. The fourth-order valence-corrected chi connectivity index (χ4v) is 6.94. The minimum absolute atomic E-state index is 0.125. The summed E-state index contributed by atoms with van der Waals surface area (Å²) in [5.74, 6) is -6.04. The van der Waals surface area contributed by atoms with Crippen LogP contribution in [0, 0.1) is 17.8 Å². The Labute approximate surface area is 361 Å². The van der Waals surface area contributed by atoms with Crippen molar-refractivity contribution in [3.05, 3.63) is 0 Å². The number of aliphatic hydroxyl groups excluding tert-OH is 1. The number of rotatable bonds is 26. The van der Waals surface area contributed by atoms with E-state index in [4.69, 9.17) is 11.5 Å². The molecule has 348 valence electrons. The van der Waals surface area contributed by atoms with Crippen LogP contribution < -0.4 is 48.7 Å². The lowest BCUT2D eigenvalue weighted by molar-refractivity contribution is -0.142. The van der Waals surface area contributed by atoms with Crippen molar-refractivity contribution in [1.29, 1.82) is 0 Å². The van der Waals surface area contributed by atoms with Gasteiger partial charge in [-0.25, -0.2) is 0 Å². The predicted octanol–water partition coefficient (Wildman–Crippen LogP) is -0.975. The van der Waals surface area contributed by atoms with Crippen LogP contribution in [0.15, 0.2) is 4.99 Å². The maximum absolute atomic E-state index is 14.1. The molecule has 61 heavy (non-hydrogen) atoms. The molecule has 0 aromatic heterocycles. The van der Waals surface area contributed by atoms with E-state index in [1.54, 1.807) is 41.5 Å². The average molecular weight is 866 g/mol. The van der Waals surface area contributed by atoms with Gasteiger partial charge in [0.05, 0.1) is 6.10 Å². The quantitative estimate of drug-likeness (QED) is 0.0287. The minimum Gasteiger partial charge on any atom is -0.391 e. The van der Waals surface area contributed by atoms with Crippen LogP contribution in [-0.2, 0) is 38.4 Å². The molecule has 1 heterocycles. The molecule has 0 radical (unpaired) electrons. The number of amides is 8. The van der Waals surface area contributed by atoms with Crippen molar-refractivity contribution in [2.24, 2.45) is 34.2 Å². The number of carbonyl (C=O) groups excluding carboxylic acids is 8. The number of nitrogens with two attached hydrogens (primary N) is 2. The number of aliphatic hydroxyl groups is 1. The lowest BCUT2D eigenvalue weighted by atomic mass is 9.95. The smallest absolute Gasteiger partial charge is 0.245 e. The molecule has 10 atom stereocenters. The van der Waals surface area contributed by atoms with E-state index in [0.29, 0.717) is 51.6 Å². The van der Waals surface area contributed by atoms with Crippen molar-refractivity contribution < 1.29 is 43.5 Å². The van der Waals surface area contributed by atoms with Gasteiger partial charge in [0, 0.05) is 26.6 Å². The number of aliphatic imine (C=N–C) groups is 1. The van der Waals surface area contributed by atoms with Crippen LogP contribution >= 0.6 is 0 Å². The summed E-state index contributed by atoms with van der Waals surface area (Å²) in [6.07, 6.45) is 1.55. The Hall–Kier alpha value is -5.01. The van der Waals surface area contributed by atoms with Crippen LogP contribution in [0.25, 0.3) is 0 Å². The molecule has 8 amide bonds.